The molecule has 2 nitrogen and oxygen atoms in total. The number of nitrogens with one attached hydrogen (secondary N) is 1. The summed E-state index contributed by atoms with van der Waals surface area (Å²) in [4.78, 5) is 0. The predicted octanol–water partition coefficient (Wildman–Crippen LogP) is 1.29. The summed E-state index contributed by atoms with van der Waals surface area (Å²) in [6.07, 6.45) is 4.05. The van der Waals surface area contributed by atoms with E-state index in [1.54, 1.807) is 0 Å². The van der Waals surface area contributed by atoms with Gasteiger partial charge in [-0.1, -0.05) is 12.8 Å². The summed E-state index contributed by atoms with van der Waals surface area (Å²) in [5.41, 5.74) is 0. The van der Waals surface area contributed by atoms with Crippen molar-refractivity contribution >= 4 is 0 Å². The molecule has 1 rings (SSSR count). The Hall–Kier alpha value is -0.550. The fourth-order valence-electron chi connectivity index (χ4n) is 1.16. The molecule has 1 saturated carbocycles. The van der Waals surface area contributed by atoms with Crippen LogP contribution in [0.15, 0.2) is 0 Å². The molecule has 0 amide bonds. The molecule has 0 aromatic carbocycles. The number of rotatable bonds is 4. The lowest BCUT2D eigenvalue weighted by atomic mass is 10.2. The zero-order chi connectivity index (χ0) is 7.40. The molecule has 2 heteroatoms. The number of nitriles is 1. The standard InChI is InChI=1S/C8H14N2/c1-7(10-5-4-9)6-8-2-3-8/h7-8,10H,2-3,5-6H2,1H3. The first-order valence-corrected chi connectivity index (χ1v) is 3.93. The molecule has 0 saturated heterocycles. The predicted molar refractivity (Wildman–Crippen MR) is 40.4 cm³/mol. The van der Waals surface area contributed by atoms with Crippen molar-refractivity contribution in [2.75, 3.05) is 6.54 Å². The third-order valence-corrected chi connectivity index (χ3v) is 1.91. The van der Waals surface area contributed by atoms with Crippen molar-refractivity contribution in [3.63, 3.8) is 0 Å². The molecule has 0 aromatic heterocycles. The zero-order valence-electron chi connectivity index (χ0n) is 6.43. The van der Waals surface area contributed by atoms with Crippen LogP contribution in [0.4, 0.5) is 0 Å². The second-order valence-corrected chi connectivity index (χ2v) is 3.12. The van der Waals surface area contributed by atoms with Crippen LogP contribution < -0.4 is 5.32 Å². The molecule has 1 aliphatic rings. The smallest absolute Gasteiger partial charge is 0.0842 e. The van der Waals surface area contributed by atoms with Gasteiger partial charge in [-0.05, 0) is 19.3 Å². The maximum atomic E-state index is 8.25. The third kappa shape index (κ3) is 2.84. The Morgan fingerprint density at radius 1 is 1.70 bits per heavy atom. The lowest BCUT2D eigenvalue weighted by molar-refractivity contribution is 0.513. The van der Waals surface area contributed by atoms with Crippen LogP contribution in [-0.4, -0.2) is 12.6 Å². The van der Waals surface area contributed by atoms with Crippen molar-refractivity contribution in [2.45, 2.75) is 32.2 Å². The zero-order valence-corrected chi connectivity index (χ0v) is 6.43. The van der Waals surface area contributed by atoms with Gasteiger partial charge in [-0.3, -0.25) is 0 Å². The molecule has 0 spiro atoms. The molecule has 0 bridgehead atoms. The van der Waals surface area contributed by atoms with E-state index in [4.69, 9.17) is 5.26 Å². The molecule has 0 heterocycles. The van der Waals surface area contributed by atoms with E-state index in [2.05, 4.69) is 18.3 Å². The largest absolute Gasteiger partial charge is 0.302 e. The van der Waals surface area contributed by atoms with Crippen molar-refractivity contribution in [3.05, 3.63) is 0 Å². The maximum absolute atomic E-state index is 8.25. The van der Waals surface area contributed by atoms with Gasteiger partial charge in [0.2, 0.25) is 0 Å². The Morgan fingerprint density at radius 3 is 2.90 bits per heavy atom. The van der Waals surface area contributed by atoms with Crippen molar-refractivity contribution in [1.29, 1.82) is 5.26 Å². The van der Waals surface area contributed by atoms with Gasteiger partial charge in [-0.2, -0.15) is 5.26 Å². The van der Waals surface area contributed by atoms with Crippen molar-refractivity contribution in [1.82, 2.24) is 5.32 Å². The summed E-state index contributed by atoms with van der Waals surface area (Å²) in [6.45, 7) is 2.64. The monoisotopic (exact) mass is 138 g/mol. The summed E-state index contributed by atoms with van der Waals surface area (Å²) in [6, 6.07) is 2.62. The molecule has 1 atom stereocenters. The maximum Gasteiger partial charge on any atom is 0.0842 e. The number of hydrogen-bond acceptors (Lipinski definition) is 2. The first kappa shape index (κ1) is 7.56. The fourth-order valence-corrected chi connectivity index (χ4v) is 1.16. The molecule has 56 valence electrons. The molecule has 1 unspecified atom stereocenters. The van der Waals surface area contributed by atoms with Crippen LogP contribution in [0.2, 0.25) is 0 Å². The van der Waals surface area contributed by atoms with Gasteiger partial charge in [0, 0.05) is 6.04 Å². The van der Waals surface area contributed by atoms with Gasteiger partial charge in [0.15, 0.2) is 0 Å². The van der Waals surface area contributed by atoms with Crippen LogP contribution in [0.5, 0.6) is 0 Å². The molecular weight excluding hydrogens is 124 g/mol. The van der Waals surface area contributed by atoms with Crippen LogP contribution in [0.3, 0.4) is 0 Å². The van der Waals surface area contributed by atoms with E-state index < -0.39 is 0 Å². The van der Waals surface area contributed by atoms with Crippen molar-refractivity contribution < 1.29 is 0 Å². The first-order chi connectivity index (χ1) is 4.83. The van der Waals surface area contributed by atoms with E-state index in [0.29, 0.717) is 12.6 Å². The minimum atomic E-state index is 0.494. The molecule has 1 N–H and O–H groups in total. The van der Waals surface area contributed by atoms with Gasteiger partial charge in [0.25, 0.3) is 0 Å². The highest BCUT2D eigenvalue weighted by Gasteiger charge is 2.22. The Labute approximate surface area is 62.2 Å². The highest BCUT2D eigenvalue weighted by molar-refractivity contribution is 4.81. The Bertz CT molecular complexity index is 133. The van der Waals surface area contributed by atoms with E-state index in [-0.39, 0.29) is 0 Å². The van der Waals surface area contributed by atoms with E-state index in [1.165, 1.54) is 19.3 Å². The SMILES string of the molecule is CC(CC1CC1)NCC#N. The Balaban J connectivity index is 1.97. The molecule has 0 aliphatic heterocycles. The molecular formula is C8H14N2. The molecule has 0 aromatic rings. The second kappa shape index (κ2) is 3.58. The van der Waals surface area contributed by atoms with Gasteiger partial charge in [0.1, 0.15) is 0 Å². The second-order valence-electron chi connectivity index (χ2n) is 3.12. The first-order valence-electron chi connectivity index (χ1n) is 3.93. The summed E-state index contributed by atoms with van der Waals surface area (Å²) in [5.74, 6) is 0.959. The van der Waals surface area contributed by atoms with Gasteiger partial charge < -0.3 is 5.32 Å². The highest BCUT2D eigenvalue weighted by atomic mass is 14.9. The van der Waals surface area contributed by atoms with E-state index in [1.807, 2.05) is 0 Å². The lowest BCUT2D eigenvalue weighted by Crippen LogP contribution is -2.26. The summed E-state index contributed by atoms with van der Waals surface area (Å²) in [5, 5.41) is 11.4. The van der Waals surface area contributed by atoms with Crippen LogP contribution in [0.1, 0.15) is 26.2 Å². The number of nitrogens with zero attached hydrogens (tertiary/aromatic N) is 1. The van der Waals surface area contributed by atoms with Crippen LogP contribution in [0.25, 0.3) is 0 Å². The Kier molecular flexibility index (Phi) is 2.70. The van der Waals surface area contributed by atoms with Gasteiger partial charge in [0.05, 0.1) is 12.6 Å². The highest BCUT2D eigenvalue weighted by Crippen LogP contribution is 2.33. The fraction of sp³-hybridized carbons (Fsp3) is 0.875. The minimum Gasteiger partial charge on any atom is -0.302 e. The van der Waals surface area contributed by atoms with Gasteiger partial charge >= 0.3 is 0 Å². The number of hydrogen-bond donors (Lipinski definition) is 1. The van der Waals surface area contributed by atoms with Crippen molar-refractivity contribution in [3.8, 4) is 6.07 Å². The van der Waals surface area contributed by atoms with Crippen LogP contribution in [0, 0.1) is 17.2 Å². The van der Waals surface area contributed by atoms with E-state index in [9.17, 15) is 0 Å². The van der Waals surface area contributed by atoms with E-state index in [0.717, 1.165) is 5.92 Å². The third-order valence-electron chi connectivity index (χ3n) is 1.91. The Morgan fingerprint density at radius 2 is 2.40 bits per heavy atom. The van der Waals surface area contributed by atoms with Gasteiger partial charge in [-0.15, -0.1) is 0 Å². The minimum absolute atomic E-state index is 0.494. The molecule has 1 aliphatic carbocycles. The van der Waals surface area contributed by atoms with Crippen molar-refractivity contribution in [2.24, 2.45) is 5.92 Å². The average Bonchev–Trinajstić information content (AvgIpc) is 2.67. The van der Waals surface area contributed by atoms with Crippen LogP contribution >= 0.6 is 0 Å². The molecule has 0 radical (unpaired) electrons. The normalized spacial score (nSPS) is 20.0. The molecule has 10 heavy (non-hydrogen) atoms. The van der Waals surface area contributed by atoms with Crippen LogP contribution in [-0.2, 0) is 0 Å². The average molecular weight is 138 g/mol. The molecule has 1 fully saturated rings. The topological polar surface area (TPSA) is 35.8 Å². The summed E-state index contributed by atoms with van der Waals surface area (Å²) < 4.78 is 0. The van der Waals surface area contributed by atoms with Gasteiger partial charge in [-0.25, -0.2) is 0 Å². The lowest BCUT2D eigenvalue weighted by Gasteiger charge is -2.08. The van der Waals surface area contributed by atoms with E-state index >= 15 is 0 Å². The quantitative estimate of drug-likeness (QED) is 0.594. The summed E-state index contributed by atoms with van der Waals surface area (Å²) in [7, 11) is 0. The summed E-state index contributed by atoms with van der Waals surface area (Å²) >= 11 is 0.